The number of amides is 3. The lowest BCUT2D eigenvalue weighted by atomic mass is 10.0. The fraction of sp³-hybridized carbons (Fsp3) is 0.323. The van der Waals surface area contributed by atoms with Crippen molar-refractivity contribution < 1.29 is 27.5 Å². The summed E-state index contributed by atoms with van der Waals surface area (Å²) in [4.78, 5) is 41.6. The highest BCUT2D eigenvalue weighted by Gasteiger charge is 2.40. The summed E-state index contributed by atoms with van der Waals surface area (Å²) in [5.41, 5.74) is 1.82. The van der Waals surface area contributed by atoms with Crippen LogP contribution in [0.25, 0.3) is 0 Å². The molecule has 0 spiro atoms. The van der Waals surface area contributed by atoms with Gasteiger partial charge in [0.05, 0.1) is 12.7 Å². The number of carbonyl (C=O) groups is 3. The van der Waals surface area contributed by atoms with Gasteiger partial charge in [0, 0.05) is 32.5 Å². The number of sulfonamides is 1. The summed E-state index contributed by atoms with van der Waals surface area (Å²) in [6, 6.07) is 22.1. The lowest BCUT2D eigenvalue weighted by Crippen LogP contribution is -2.50. The molecule has 1 aliphatic heterocycles. The van der Waals surface area contributed by atoms with Gasteiger partial charge < -0.3 is 15.0 Å². The molecule has 3 amide bonds. The van der Waals surface area contributed by atoms with Gasteiger partial charge >= 0.3 is 0 Å². The maximum Gasteiger partial charge on any atom is 0.269 e. The van der Waals surface area contributed by atoms with Crippen molar-refractivity contribution in [1.29, 1.82) is 0 Å². The van der Waals surface area contributed by atoms with Crippen LogP contribution in [0.2, 0.25) is 0 Å². The van der Waals surface area contributed by atoms with Gasteiger partial charge in [-0.25, -0.2) is 12.7 Å². The lowest BCUT2D eigenvalue weighted by molar-refractivity contribution is -0.141. The maximum absolute atomic E-state index is 13.8. The zero-order valence-corrected chi connectivity index (χ0v) is 24.1. The molecule has 216 valence electrons. The third-order valence-electron chi connectivity index (χ3n) is 6.97. The summed E-state index contributed by atoms with van der Waals surface area (Å²) in [6.07, 6.45) is 1.11. The van der Waals surface area contributed by atoms with E-state index < -0.39 is 22.0 Å². The zero-order chi connectivity index (χ0) is 29.4. The Labute approximate surface area is 241 Å². The predicted molar refractivity (Wildman–Crippen MR) is 155 cm³/mol. The number of fused-ring (bicyclic) bond motifs is 1. The lowest BCUT2D eigenvalue weighted by Gasteiger charge is -2.32. The Bertz CT molecular complexity index is 1490. The molecule has 0 saturated heterocycles. The van der Waals surface area contributed by atoms with Gasteiger partial charge in [0.25, 0.3) is 15.9 Å². The first-order valence-corrected chi connectivity index (χ1v) is 15.1. The third kappa shape index (κ3) is 6.94. The summed E-state index contributed by atoms with van der Waals surface area (Å²) in [7, 11) is -2.41. The van der Waals surface area contributed by atoms with Gasteiger partial charge in [0.1, 0.15) is 16.7 Å². The molecule has 0 aromatic heterocycles. The van der Waals surface area contributed by atoms with E-state index in [1.807, 2.05) is 55.5 Å². The maximum atomic E-state index is 13.8. The molecule has 1 aliphatic rings. The van der Waals surface area contributed by atoms with Gasteiger partial charge in [0.15, 0.2) is 0 Å². The molecule has 0 aliphatic carbocycles. The highest BCUT2D eigenvalue weighted by atomic mass is 32.2. The molecule has 10 heteroatoms. The largest absolute Gasteiger partial charge is 0.497 e. The van der Waals surface area contributed by atoms with Crippen LogP contribution in [0.4, 0.5) is 0 Å². The van der Waals surface area contributed by atoms with Crippen LogP contribution in [0.15, 0.2) is 83.8 Å². The van der Waals surface area contributed by atoms with E-state index in [1.165, 1.54) is 12.1 Å². The van der Waals surface area contributed by atoms with Crippen LogP contribution in [0.3, 0.4) is 0 Å². The van der Waals surface area contributed by atoms with E-state index in [1.54, 1.807) is 30.2 Å². The first-order chi connectivity index (χ1) is 19.8. The molecule has 0 fully saturated rings. The second-order valence-electron chi connectivity index (χ2n) is 9.85. The molecular formula is C31H35N3O6S. The van der Waals surface area contributed by atoms with Crippen molar-refractivity contribution in [2.75, 3.05) is 20.2 Å². The molecule has 1 N–H and O–H groups in total. The van der Waals surface area contributed by atoms with Gasteiger partial charge in [-0.3, -0.25) is 14.4 Å². The zero-order valence-electron chi connectivity index (χ0n) is 23.3. The third-order valence-corrected chi connectivity index (χ3v) is 8.81. The van der Waals surface area contributed by atoms with Crippen molar-refractivity contribution in [1.82, 2.24) is 14.5 Å². The number of carbonyl (C=O) groups excluding carboxylic acids is 3. The van der Waals surface area contributed by atoms with Crippen LogP contribution in [-0.2, 0) is 32.6 Å². The van der Waals surface area contributed by atoms with Crippen molar-refractivity contribution in [3.05, 3.63) is 95.6 Å². The molecular weight excluding hydrogens is 542 g/mol. The minimum Gasteiger partial charge on any atom is -0.497 e. The summed E-state index contributed by atoms with van der Waals surface area (Å²) >= 11 is 0. The fourth-order valence-electron chi connectivity index (χ4n) is 4.86. The summed E-state index contributed by atoms with van der Waals surface area (Å²) in [5, 5.41) is 2.93. The van der Waals surface area contributed by atoms with E-state index in [4.69, 9.17) is 4.74 Å². The minimum atomic E-state index is -3.97. The average molecular weight is 578 g/mol. The van der Waals surface area contributed by atoms with Crippen LogP contribution in [0.1, 0.15) is 47.7 Å². The smallest absolute Gasteiger partial charge is 0.269 e. The molecule has 1 heterocycles. The Hall–Kier alpha value is -4.18. The molecule has 3 aromatic rings. The molecule has 41 heavy (non-hydrogen) atoms. The SMILES string of the molecule is CCCNC(=O)C(Cc1ccccc1)N(Cc1cccc(OC)c1)C(=O)CCCN1C(=O)c2ccccc2S1(=O)=O. The first-order valence-electron chi connectivity index (χ1n) is 13.7. The van der Waals surface area contributed by atoms with Crippen molar-refractivity contribution in [3.63, 3.8) is 0 Å². The Morgan fingerprint density at radius 3 is 2.39 bits per heavy atom. The Kier molecular flexibility index (Phi) is 9.78. The standard InChI is InChI=1S/C31H35N3O6S/c1-3-18-32-30(36)27(21-23-11-5-4-6-12-23)33(22-24-13-9-14-25(20-24)40-2)29(35)17-10-19-34-31(37)26-15-7-8-16-28(26)41(34,38)39/h4-9,11-16,20,27H,3,10,17-19,21-22H2,1-2H3,(H,32,36). The normalized spacial score (nSPS) is 14.3. The van der Waals surface area contributed by atoms with E-state index in [9.17, 15) is 22.8 Å². The van der Waals surface area contributed by atoms with E-state index in [2.05, 4.69) is 5.32 Å². The number of nitrogens with zero attached hydrogens (tertiary/aromatic N) is 2. The number of hydrogen-bond acceptors (Lipinski definition) is 6. The number of benzene rings is 3. The molecule has 1 unspecified atom stereocenters. The predicted octanol–water partition coefficient (Wildman–Crippen LogP) is 3.79. The molecule has 1 atom stereocenters. The van der Waals surface area contributed by atoms with E-state index in [-0.39, 0.29) is 48.2 Å². The fourth-order valence-corrected chi connectivity index (χ4v) is 6.46. The molecule has 0 radical (unpaired) electrons. The number of nitrogens with one attached hydrogen (secondary N) is 1. The summed E-state index contributed by atoms with van der Waals surface area (Å²) < 4.78 is 32.1. The van der Waals surface area contributed by atoms with Crippen LogP contribution in [0.5, 0.6) is 5.75 Å². The molecule has 3 aromatic carbocycles. The molecule has 0 saturated carbocycles. The van der Waals surface area contributed by atoms with E-state index >= 15 is 0 Å². The minimum absolute atomic E-state index is 0.0218. The highest BCUT2D eigenvalue weighted by molar-refractivity contribution is 7.90. The van der Waals surface area contributed by atoms with Gasteiger partial charge in [0.2, 0.25) is 11.8 Å². The van der Waals surface area contributed by atoms with Crippen molar-refractivity contribution in [2.45, 2.75) is 50.1 Å². The topological polar surface area (TPSA) is 113 Å². The second-order valence-corrected chi connectivity index (χ2v) is 11.7. The van der Waals surface area contributed by atoms with Gasteiger partial charge in [-0.2, -0.15) is 0 Å². The Morgan fingerprint density at radius 1 is 0.976 bits per heavy atom. The Morgan fingerprint density at radius 2 is 1.68 bits per heavy atom. The number of rotatable bonds is 13. The van der Waals surface area contributed by atoms with Crippen LogP contribution < -0.4 is 10.1 Å². The highest BCUT2D eigenvalue weighted by Crippen LogP contribution is 2.30. The number of ether oxygens (including phenoxy) is 1. The van der Waals surface area contributed by atoms with Crippen molar-refractivity contribution in [2.24, 2.45) is 0 Å². The first kappa shape index (κ1) is 29.8. The quantitative estimate of drug-likeness (QED) is 0.331. The number of hydrogen-bond donors (Lipinski definition) is 1. The van der Waals surface area contributed by atoms with Gasteiger partial charge in [-0.05, 0) is 48.2 Å². The van der Waals surface area contributed by atoms with E-state index in [0.29, 0.717) is 18.7 Å². The molecule has 4 rings (SSSR count). The van der Waals surface area contributed by atoms with Crippen LogP contribution >= 0.6 is 0 Å². The summed E-state index contributed by atoms with van der Waals surface area (Å²) in [5.74, 6) is -0.550. The van der Waals surface area contributed by atoms with Gasteiger partial charge in [-0.1, -0.05) is 61.5 Å². The molecule has 0 bridgehead atoms. The molecule has 9 nitrogen and oxygen atoms in total. The van der Waals surface area contributed by atoms with Gasteiger partial charge in [-0.15, -0.1) is 0 Å². The van der Waals surface area contributed by atoms with Crippen molar-refractivity contribution >= 4 is 27.7 Å². The monoisotopic (exact) mass is 577 g/mol. The van der Waals surface area contributed by atoms with Crippen LogP contribution in [-0.4, -0.2) is 61.6 Å². The van der Waals surface area contributed by atoms with Crippen molar-refractivity contribution in [3.8, 4) is 5.75 Å². The van der Waals surface area contributed by atoms with Crippen LogP contribution in [0, 0.1) is 0 Å². The number of methoxy groups -OCH3 is 1. The average Bonchev–Trinajstić information content (AvgIpc) is 3.18. The Balaban J connectivity index is 1.57. The van der Waals surface area contributed by atoms with E-state index in [0.717, 1.165) is 21.9 Å². The summed E-state index contributed by atoms with van der Waals surface area (Å²) in [6.45, 7) is 2.44. The second kappa shape index (κ2) is 13.5.